The van der Waals surface area contributed by atoms with Crippen LogP contribution in [0, 0.1) is 0 Å². The molecule has 0 amide bonds. The molecule has 0 saturated carbocycles. The minimum Gasteiger partial charge on any atom is -0.306 e. The number of fused-ring (bicyclic) bond motifs is 4. The van der Waals surface area contributed by atoms with E-state index in [0.29, 0.717) is 21.9 Å². The van der Waals surface area contributed by atoms with Gasteiger partial charge in [0.25, 0.3) is 0 Å². The third kappa shape index (κ3) is 3.68. The van der Waals surface area contributed by atoms with Gasteiger partial charge in [-0.2, -0.15) is 13.2 Å². The van der Waals surface area contributed by atoms with E-state index in [1.807, 2.05) is 48.5 Å². The topological polar surface area (TPSA) is 70.5 Å². The Kier molecular flexibility index (Phi) is 5.15. The van der Waals surface area contributed by atoms with Crippen molar-refractivity contribution in [1.82, 2.24) is 28.7 Å². The molecule has 196 valence electrons. The highest BCUT2D eigenvalue weighted by molar-refractivity contribution is 6.05. The lowest BCUT2D eigenvalue weighted by molar-refractivity contribution is -0.137. The lowest BCUT2D eigenvalue weighted by Crippen LogP contribution is -2.21. The van der Waals surface area contributed by atoms with Crippen LogP contribution in [0.5, 0.6) is 0 Å². The third-order valence-corrected chi connectivity index (χ3v) is 7.13. The molecular weight excluding hydrogens is 517 g/mol. The van der Waals surface area contributed by atoms with Crippen LogP contribution >= 0.6 is 0 Å². The van der Waals surface area contributed by atoms with Gasteiger partial charge in [0.1, 0.15) is 0 Å². The second-order valence-electron chi connectivity index (χ2n) is 9.49. The lowest BCUT2D eigenvalue weighted by Gasteiger charge is -2.16. The molecule has 7 aromatic rings. The van der Waals surface area contributed by atoms with Gasteiger partial charge in [-0.25, -0.2) is 9.78 Å². The zero-order valence-corrected chi connectivity index (χ0v) is 21.0. The second kappa shape index (κ2) is 8.63. The number of nitrogens with zero attached hydrogens (tertiary/aromatic N) is 6. The molecule has 0 atom stereocenters. The van der Waals surface area contributed by atoms with E-state index in [9.17, 15) is 18.0 Å². The monoisotopic (exact) mass is 536 g/mol. The summed E-state index contributed by atoms with van der Waals surface area (Å²) in [6.07, 6.45) is 2.83. The number of para-hydroxylation sites is 1. The van der Waals surface area contributed by atoms with E-state index in [2.05, 4.69) is 15.0 Å². The van der Waals surface area contributed by atoms with E-state index in [1.165, 1.54) is 44.6 Å². The Bertz CT molecular complexity index is 2140. The summed E-state index contributed by atoms with van der Waals surface area (Å²) in [5, 5.41) is 1.61. The molecule has 3 aromatic carbocycles. The quantitative estimate of drug-likeness (QED) is 0.266. The lowest BCUT2D eigenvalue weighted by atomic mass is 10.0. The maximum Gasteiger partial charge on any atom is 0.418 e. The molecule has 0 unspecified atom stereocenters. The van der Waals surface area contributed by atoms with Gasteiger partial charge >= 0.3 is 11.9 Å². The summed E-state index contributed by atoms with van der Waals surface area (Å²) in [5.41, 5.74) is 2.80. The van der Waals surface area contributed by atoms with Crippen molar-refractivity contribution < 1.29 is 13.2 Å². The number of rotatable bonds is 3. The van der Waals surface area contributed by atoms with Crippen LogP contribution < -0.4 is 5.69 Å². The summed E-state index contributed by atoms with van der Waals surface area (Å²) in [6.45, 7) is 0. The average Bonchev–Trinajstić information content (AvgIpc) is 3.59. The molecule has 7 nitrogen and oxygen atoms in total. The van der Waals surface area contributed by atoms with Crippen LogP contribution in [0.1, 0.15) is 5.56 Å². The van der Waals surface area contributed by atoms with Gasteiger partial charge in [-0.05, 0) is 48.0 Å². The van der Waals surface area contributed by atoms with Gasteiger partial charge in [-0.15, -0.1) is 0 Å². The Hall–Kier alpha value is -5.25. The summed E-state index contributed by atoms with van der Waals surface area (Å²) in [5.74, 6) is 0. The summed E-state index contributed by atoms with van der Waals surface area (Å²) >= 11 is 0. The average molecular weight is 537 g/mol. The van der Waals surface area contributed by atoms with Gasteiger partial charge in [0.15, 0.2) is 0 Å². The van der Waals surface area contributed by atoms with E-state index in [1.54, 1.807) is 19.4 Å². The summed E-state index contributed by atoms with van der Waals surface area (Å²) in [4.78, 5) is 26.5. The zero-order valence-electron chi connectivity index (χ0n) is 21.0. The van der Waals surface area contributed by atoms with Gasteiger partial charge in [0.05, 0.1) is 51.5 Å². The van der Waals surface area contributed by atoms with Gasteiger partial charge < -0.3 is 4.57 Å². The van der Waals surface area contributed by atoms with Crippen molar-refractivity contribution in [2.45, 2.75) is 6.18 Å². The zero-order chi connectivity index (χ0) is 27.6. The van der Waals surface area contributed by atoms with Crippen LogP contribution in [0.2, 0.25) is 0 Å². The predicted molar refractivity (Wildman–Crippen MR) is 147 cm³/mol. The predicted octanol–water partition coefficient (Wildman–Crippen LogP) is 6.30. The summed E-state index contributed by atoms with van der Waals surface area (Å²) in [7, 11) is 1.58. The smallest absolute Gasteiger partial charge is 0.306 e. The number of alkyl halides is 3. The fourth-order valence-corrected chi connectivity index (χ4v) is 5.16. The molecule has 0 spiro atoms. The molecule has 0 aliphatic heterocycles. The first-order chi connectivity index (χ1) is 19.3. The molecule has 0 fully saturated rings. The first-order valence-corrected chi connectivity index (χ1v) is 12.3. The SMILES string of the molecule is Cn1c(=O)n(-c2ccc(-n3ccnc3)c(C(F)(F)F)c2)c2c3cc(-c4cnc5ccccc5c4)ccc3ncc21. The number of halogens is 3. The first kappa shape index (κ1) is 23.8. The molecule has 0 radical (unpaired) electrons. The number of imidazole rings is 2. The Morgan fingerprint density at radius 2 is 1.68 bits per heavy atom. The van der Waals surface area contributed by atoms with E-state index in [0.717, 1.165) is 28.1 Å². The van der Waals surface area contributed by atoms with Crippen molar-refractivity contribution in [1.29, 1.82) is 0 Å². The van der Waals surface area contributed by atoms with Crippen molar-refractivity contribution in [3.63, 3.8) is 0 Å². The second-order valence-corrected chi connectivity index (χ2v) is 9.49. The van der Waals surface area contributed by atoms with Crippen LogP contribution in [0.15, 0.2) is 103 Å². The minimum absolute atomic E-state index is 0.0837. The highest BCUT2D eigenvalue weighted by Crippen LogP contribution is 2.36. The molecule has 4 aromatic heterocycles. The largest absolute Gasteiger partial charge is 0.418 e. The molecule has 0 aliphatic carbocycles. The van der Waals surface area contributed by atoms with Gasteiger partial charge in [0, 0.05) is 42.0 Å². The van der Waals surface area contributed by atoms with Gasteiger partial charge in [-0.1, -0.05) is 24.3 Å². The molecule has 0 saturated heterocycles. The molecule has 0 aliphatic rings. The van der Waals surface area contributed by atoms with Crippen LogP contribution in [0.3, 0.4) is 0 Å². The number of pyridine rings is 2. The fraction of sp³-hybridized carbons (Fsp3) is 0.0667. The van der Waals surface area contributed by atoms with Crippen LogP contribution in [0.4, 0.5) is 13.2 Å². The summed E-state index contributed by atoms with van der Waals surface area (Å²) in [6, 6.07) is 19.3. The highest BCUT2D eigenvalue weighted by atomic mass is 19.4. The number of hydrogen-bond acceptors (Lipinski definition) is 4. The van der Waals surface area contributed by atoms with Crippen LogP contribution in [0.25, 0.3) is 55.3 Å². The Balaban J connectivity index is 1.49. The van der Waals surface area contributed by atoms with E-state index < -0.39 is 17.4 Å². The van der Waals surface area contributed by atoms with E-state index >= 15 is 0 Å². The fourth-order valence-electron chi connectivity index (χ4n) is 5.16. The molecule has 40 heavy (non-hydrogen) atoms. The molecule has 10 heteroatoms. The molecule has 0 N–H and O–H groups in total. The molecule has 4 heterocycles. The third-order valence-electron chi connectivity index (χ3n) is 7.13. The van der Waals surface area contributed by atoms with Crippen molar-refractivity contribution in [2.75, 3.05) is 0 Å². The van der Waals surface area contributed by atoms with Crippen molar-refractivity contribution in [3.8, 4) is 22.5 Å². The van der Waals surface area contributed by atoms with Crippen molar-refractivity contribution >= 4 is 32.8 Å². The van der Waals surface area contributed by atoms with Crippen LogP contribution in [-0.4, -0.2) is 28.7 Å². The Morgan fingerprint density at radius 3 is 2.48 bits per heavy atom. The minimum atomic E-state index is -4.66. The van der Waals surface area contributed by atoms with Gasteiger partial charge in [0.2, 0.25) is 0 Å². The number of hydrogen-bond donors (Lipinski definition) is 0. The summed E-state index contributed by atoms with van der Waals surface area (Å²) < 4.78 is 46.7. The van der Waals surface area contributed by atoms with E-state index in [-0.39, 0.29) is 11.4 Å². The Labute approximate surface area is 224 Å². The maximum atomic E-state index is 14.2. The Morgan fingerprint density at radius 1 is 0.850 bits per heavy atom. The standard InChI is InChI=1S/C30H19F3N6O/c1-37-27-16-36-25-8-6-18(20-12-19-4-2-3-5-24(19)35-15-20)13-22(25)28(27)39(29(37)40)21-7-9-26(38-11-10-34-17-38)23(14-21)30(31,32)33/h2-17H,1H3. The number of aryl methyl sites for hydroxylation is 1. The molecular formula is C30H19F3N6O. The van der Waals surface area contributed by atoms with Crippen molar-refractivity contribution in [3.05, 3.63) is 114 Å². The van der Waals surface area contributed by atoms with Crippen LogP contribution in [-0.2, 0) is 13.2 Å². The molecule has 7 rings (SSSR count). The van der Waals surface area contributed by atoms with Crippen molar-refractivity contribution in [2.24, 2.45) is 7.05 Å². The first-order valence-electron chi connectivity index (χ1n) is 12.3. The number of aromatic nitrogens is 6. The maximum absolute atomic E-state index is 14.2. The normalized spacial score (nSPS) is 12.1. The number of benzene rings is 3. The van der Waals surface area contributed by atoms with Gasteiger partial charge in [-0.3, -0.25) is 19.1 Å². The molecule has 0 bridgehead atoms. The van der Waals surface area contributed by atoms with E-state index in [4.69, 9.17) is 0 Å². The highest BCUT2D eigenvalue weighted by Gasteiger charge is 2.35.